The molecular weight excluding hydrogens is 332 g/mol. The average Bonchev–Trinajstić information content (AvgIpc) is 3.14. The Hall–Kier alpha value is -2.74. The van der Waals surface area contributed by atoms with Crippen molar-refractivity contribution >= 4 is 0 Å². The monoisotopic (exact) mass is 358 g/mol. The van der Waals surface area contributed by atoms with Gasteiger partial charge < -0.3 is 9.84 Å². The van der Waals surface area contributed by atoms with Crippen LogP contribution in [0.4, 0.5) is 0 Å². The van der Waals surface area contributed by atoms with E-state index in [1.54, 1.807) is 6.07 Å². The molecule has 0 unspecified atom stereocenters. The van der Waals surface area contributed by atoms with Crippen LogP contribution in [0.5, 0.6) is 17.2 Å². The second-order valence-corrected chi connectivity index (χ2v) is 7.73. The average molecular weight is 358 g/mol. The Morgan fingerprint density at radius 3 is 2.56 bits per heavy atom. The van der Waals surface area contributed by atoms with Gasteiger partial charge in [0.2, 0.25) is 0 Å². The maximum atomic E-state index is 10.5. The smallest absolute Gasteiger partial charge is 0.133 e. The summed E-state index contributed by atoms with van der Waals surface area (Å²) >= 11 is 0. The van der Waals surface area contributed by atoms with Crippen LogP contribution in [0.15, 0.2) is 54.6 Å². The number of ether oxygens (including phenoxy) is 1. The first kappa shape index (κ1) is 17.7. The summed E-state index contributed by atoms with van der Waals surface area (Å²) in [6.07, 6.45) is 3.40. The van der Waals surface area contributed by atoms with Crippen LogP contribution in [0.1, 0.15) is 48.4 Å². The molecule has 0 radical (unpaired) electrons. The molecule has 4 rings (SSSR count). The van der Waals surface area contributed by atoms with Gasteiger partial charge in [-0.1, -0.05) is 50.2 Å². The lowest BCUT2D eigenvalue weighted by atomic mass is 9.92. The summed E-state index contributed by atoms with van der Waals surface area (Å²) in [6.45, 7) is 6.45. The molecule has 1 aliphatic carbocycles. The van der Waals surface area contributed by atoms with Crippen LogP contribution in [0.25, 0.3) is 11.1 Å². The fourth-order valence-electron chi connectivity index (χ4n) is 4.05. The fourth-order valence-corrected chi connectivity index (χ4v) is 4.05. The second kappa shape index (κ2) is 7.11. The van der Waals surface area contributed by atoms with E-state index in [-0.39, 0.29) is 5.75 Å². The normalized spacial score (nSPS) is 13.0. The Balaban J connectivity index is 1.76. The SMILES string of the molecule is Cc1ccc2c(c1Oc1ccc(O)c(-c3ccccc3C(C)C)c1)CCC2. The molecule has 0 heterocycles. The van der Waals surface area contributed by atoms with E-state index in [0.29, 0.717) is 5.92 Å². The summed E-state index contributed by atoms with van der Waals surface area (Å²) in [4.78, 5) is 0. The van der Waals surface area contributed by atoms with Crippen molar-refractivity contribution < 1.29 is 9.84 Å². The Labute approximate surface area is 161 Å². The minimum absolute atomic E-state index is 0.283. The van der Waals surface area contributed by atoms with E-state index in [1.165, 1.54) is 23.1 Å². The first-order valence-corrected chi connectivity index (χ1v) is 9.76. The molecule has 0 aliphatic heterocycles. The van der Waals surface area contributed by atoms with Gasteiger partial charge >= 0.3 is 0 Å². The van der Waals surface area contributed by atoms with Gasteiger partial charge in [0.25, 0.3) is 0 Å². The van der Waals surface area contributed by atoms with Crippen molar-refractivity contribution in [2.75, 3.05) is 0 Å². The largest absolute Gasteiger partial charge is 0.507 e. The van der Waals surface area contributed by atoms with E-state index in [2.05, 4.69) is 45.0 Å². The van der Waals surface area contributed by atoms with Crippen molar-refractivity contribution in [3.8, 4) is 28.4 Å². The van der Waals surface area contributed by atoms with E-state index in [1.807, 2.05) is 24.3 Å². The molecule has 0 aromatic heterocycles. The van der Waals surface area contributed by atoms with Gasteiger partial charge in [-0.25, -0.2) is 0 Å². The summed E-state index contributed by atoms with van der Waals surface area (Å²) in [5.74, 6) is 2.42. The zero-order valence-corrected chi connectivity index (χ0v) is 16.3. The van der Waals surface area contributed by atoms with Crippen molar-refractivity contribution in [2.45, 2.75) is 46.0 Å². The molecule has 2 nitrogen and oxygen atoms in total. The molecule has 1 N–H and O–H groups in total. The van der Waals surface area contributed by atoms with Crippen molar-refractivity contribution in [3.63, 3.8) is 0 Å². The molecule has 0 saturated heterocycles. The number of fused-ring (bicyclic) bond motifs is 1. The third kappa shape index (κ3) is 3.32. The van der Waals surface area contributed by atoms with E-state index in [0.717, 1.165) is 41.0 Å². The quantitative estimate of drug-likeness (QED) is 0.557. The summed E-state index contributed by atoms with van der Waals surface area (Å²) in [5, 5.41) is 10.5. The number of benzene rings is 3. The third-order valence-corrected chi connectivity index (χ3v) is 5.49. The van der Waals surface area contributed by atoms with Gasteiger partial charge in [-0.05, 0) is 78.1 Å². The lowest BCUT2D eigenvalue weighted by Crippen LogP contribution is -1.96. The number of hydrogen-bond acceptors (Lipinski definition) is 2. The van der Waals surface area contributed by atoms with E-state index >= 15 is 0 Å². The minimum atomic E-state index is 0.283. The van der Waals surface area contributed by atoms with E-state index < -0.39 is 0 Å². The molecule has 3 aromatic carbocycles. The first-order valence-electron chi connectivity index (χ1n) is 9.76. The van der Waals surface area contributed by atoms with Crippen LogP contribution < -0.4 is 4.74 Å². The highest BCUT2D eigenvalue weighted by Crippen LogP contribution is 2.40. The molecule has 0 atom stereocenters. The van der Waals surface area contributed by atoms with Gasteiger partial charge in [-0.2, -0.15) is 0 Å². The van der Waals surface area contributed by atoms with Crippen LogP contribution in [0, 0.1) is 6.92 Å². The van der Waals surface area contributed by atoms with Crippen molar-refractivity contribution in [3.05, 3.63) is 76.9 Å². The van der Waals surface area contributed by atoms with Crippen molar-refractivity contribution in [1.82, 2.24) is 0 Å². The summed E-state index contributed by atoms with van der Waals surface area (Å²) in [7, 11) is 0. The number of aryl methyl sites for hydroxylation is 2. The Morgan fingerprint density at radius 1 is 0.926 bits per heavy atom. The van der Waals surface area contributed by atoms with Crippen LogP contribution in [0.2, 0.25) is 0 Å². The van der Waals surface area contributed by atoms with Gasteiger partial charge in [-0.15, -0.1) is 0 Å². The molecule has 0 saturated carbocycles. The highest BCUT2D eigenvalue weighted by molar-refractivity contribution is 5.75. The zero-order valence-electron chi connectivity index (χ0n) is 16.3. The number of hydrogen-bond donors (Lipinski definition) is 1. The Kier molecular flexibility index (Phi) is 4.65. The lowest BCUT2D eigenvalue weighted by Gasteiger charge is -2.17. The number of aromatic hydroxyl groups is 1. The summed E-state index contributed by atoms with van der Waals surface area (Å²) < 4.78 is 6.36. The molecular formula is C25H26O2. The predicted molar refractivity (Wildman–Crippen MR) is 111 cm³/mol. The van der Waals surface area contributed by atoms with Crippen LogP contribution >= 0.6 is 0 Å². The van der Waals surface area contributed by atoms with Crippen LogP contribution in [-0.2, 0) is 12.8 Å². The molecule has 0 amide bonds. The molecule has 0 spiro atoms. The fraction of sp³-hybridized carbons (Fsp3) is 0.280. The molecule has 27 heavy (non-hydrogen) atoms. The minimum Gasteiger partial charge on any atom is -0.507 e. The van der Waals surface area contributed by atoms with Gasteiger partial charge in [0.05, 0.1) is 0 Å². The number of phenols is 1. The van der Waals surface area contributed by atoms with Gasteiger partial charge in [-0.3, -0.25) is 0 Å². The van der Waals surface area contributed by atoms with Gasteiger partial charge in [0.15, 0.2) is 0 Å². The van der Waals surface area contributed by atoms with Crippen molar-refractivity contribution in [1.29, 1.82) is 0 Å². The predicted octanol–water partition coefficient (Wildman–Crippen LogP) is 6.77. The molecule has 0 fully saturated rings. The summed E-state index contributed by atoms with van der Waals surface area (Å²) in [5.41, 5.74) is 7.01. The number of rotatable bonds is 4. The lowest BCUT2D eigenvalue weighted by molar-refractivity contribution is 0.462. The third-order valence-electron chi connectivity index (χ3n) is 5.49. The maximum Gasteiger partial charge on any atom is 0.133 e. The Bertz CT molecular complexity index is 986. The van der Waals surface area contributed by atoms with Crippen LogP contribution in [0.3, 0.4) is 0 Å². The Morgan fingerprint density at radius 2 is 1.74 bits per heavy atom. The molecule has 3 aromatic rings. The zero-order chi connectivity index (χ0) is 19.0. The molecule has 2 heteroatoms. The standard InChI is InChI=1S/C25H26O2/c1-16(2)20-8-4-5-9-22(20)23-15-19(13-14-24(23)26)27-25-17(3)11-12-18-7-6-10-21(18)25/h4-5,8-9,11-16,26H,6-7,10H2,1-3H3. The van der Waals surface area contributed by atoms with Gasteiger partial charge in [0, 0.05) is 5.56 Å². The van der Waals surface area contributed by atoms with E-state index in [9.17, 15) is 5.11 Å². The second-order valence-electron chi connectivity index (χ2n) is 7.73. The maximum absolute atomic E-state index is 10.5. The molecule has 1 aliphatic rings. The highest BCUT2D eigenvalue weighted by atomic mass is 16.5. The van der Waals surface area contributed by atoms with Crippen LogP contribution in [-0.4, -0.2) is 5.11 Å². The van der Waals surface area contributed by atoms with E-state index in [4.69, 9.17) is 4.74 Å². The van der Waals surface area contributed by atoms with Gasteiger partial charge in [0.1, 0.15) is 17.2 Å². The topological polar surface area (TPSA) is 29.5 Å². The summed E-state index contributed by atoms with van der Waals surface area (Å²) in [6, 6.07) is 18.2. The molecule has 138 valence electrons. The number of phenolic OH excluding ortho intramolecular Hbond substituents is 1. The molecule has 0 bridgehead atoms. The van der Waals surface area contributed by atoms with Crippen molar-refractivity contribution in [2.24, 2.45) is 0 Å². The highest BCUT2D eigenvalue weighted by Gasteiger charge is 2.19. The first-order chi connectivity index (χ1) is 13.0.